The topological polar surface area (TPSA) is 78.8 Å². The summed E-state index contributed by atoms with van der Waals surface area (Å²) in [4.78, 5) is 4.59. The lowest BCUT2D eigenvalue weighted by Gasteiger charge is -2.07. The molecule has 0 atom stereocenters. The van der Waals surface area contributed by atoms with Gasteiger partial charge in [0.2, 0.25) is 0 Å². The summed E-state index contributed by atoms with van der Waals surface area (Å²) in [5, 5.41) is 18.7. The second-order valence-electron chi connectivity index (χ2n) is 5.06. The van der Waals surface area contributed by atoms with Crippen LogP contribution in [-0.2, 0) is 6.54 Å². The van der Waals surface area contributed by atoms with Crippen molar-refractivity contribution in [1.82, 2.24) is 0 Å². The van der Waals surface area contributed by atoms with Crippen LogP contribution in [-0.4, -0.2) is 22.5 Å². The molecule has 2 aromatic rings. The van der Waals surface area contributed by atoms with Gasteiger partial charge in [-0.3, -0.25) is 4.99 Å². The molecule has 0 heterocycles. The van der Waals surface area contributed by atoms with E-state index in [1.54, 1.807) is 24.3 Å². The average molecular weight is 296 g/mol. The summed E-state index contributed by atoms with van der Waals surface area (Å²) >= 11 is 0. The van der Waals surface area contributed by atoms with Gasteiger partial charge < -0.3 is 15.9 Å². The first-order valence-corrected chi connectivity index (χ1v) is 7.05. The zero-order valence-electron chi connectivity index (χ0n) is 12.5. The van der Waals surface area contributed by atoms with Gasteiger partial charge in [0.25, 0.3) is 0 Å². The van der Waals surface area contributed by atoms with Crippen LogP contribution >= 0.6 is 0 Å². The van der Waals surface area contributed by atoms with E-state index in [2.05, 4.69) is 4.99 Å². The predicted octanol–water partition coefficient (Wildman–Crippen LogP) is 2.52. The number of aryl methyl sites for hydroxylation is 1. The van der Waals surface area contributed by atoms with Gasteiger partial charge in [0.1, 0.15) is 5.75 Å². The summed E-state index contributed by atoms with van der Waals surface area (Å²) in [6.07, 6.45) is 1.63. The number of hydrogen-bond donors (Lipinski definition) is 3. The Hall–Kier alpha value is -2.59. The van der Waals surface area contributed by atoms with Crippen molar-refractivity contribution < 1.29 is 10.2 Å². The number of aliphatic imine (C=N–C) groups is 1. The zero-order valence-corrected chi connectivity index (χ0v) is 12.5. The SMILES string of the molecule is Cc1ccccc1CN=C(C=C(N)CO)c1cccc(O)c1. The van der Waals surface area contributed by atoms with Crippen LogP contribution in [0.4, 0.5) is 0 Å². The van der Waals surface area contributed by atoms with Gasteiger partial charge in [-0.1, -0.05) is 36.4 Å². The van der Waals surface area contributed by atoms with Crippen LogP contribution in [0.2, 0.25) is 0 Å². The first-order valence-electron chi connectivity index (χ1n) is 7.05. The molecule has 0 fully saturated rings. The van der Waals surface area contributed by atoms with Crippen molar-refractivity contribution in [2.45, 2.75) is 13.5 Å². The molecule has 0 unspecified atom stereocenters. The van der Waals surface area contributed by atoms with E-state index in [4.69, 9.17) is 10.8 Å². The number of aromatic hydroxyl groups is 1. The molecule has 0 spiro atoms. The van der Waals surface area contributed by atoms with Gasteiger partial charge in [0.15, 0.2) is 0 Å². The highest BCUT2D eigenvalue weighted by atomic mass is 16.3. The predicted molar refractivity (Wildman–Crippen MR) is 88.9 cm³/mol. The van der Waals surface area contributed by atoms with E-state index in [0.29, 0.717) is 18.0 Å². The van der Waals surface area contributed by atoms with Gasteiger partial charge in [0.05, 0.1) is 18.9 Å². The molecule has 114 valence electrons. The van der Waals surface area contributed by atoms with Crippen molar-refractivity contribution in [1.29, 1.82) is 0 Å². The quantitative estimate of drug-likeness (QED) is 0.742. The summed E-state index contributed by atoms with van der Waals surface area (Å²) in [6.45, 7) is 2.31. The molecule has 0 saturated heterocycles. The smallest absolute Gasteiger partial charge is 0.116 e. The molecule has 4 N–H and O–H groups in total. The molecule has 4 nitrogen and oxygen atoms in total. The van der Waals surface area contributed by atoms with E-state index in [-0.39, 0.29) is 12.4 Å². The van der Waals surface area contributed by atoms with E-state index in [9.17, 15) is 5.11 Å². The highest BCUT2D eigenvalue weighted by molar-refractivity contribution is 6.09. The van der Waals surface area contributed by atoms with Crippen LogP contribution in [0.3, 0.4) is 0 Å². The molecule has 22 heavy (non-hydrogen) atoms. The van der Waals surface area contributed by atoms with E-state index in [1.807, 2.05) is 37.3 Å². The number of aliphatic hydroxyl groups is 1. The standard InChI is InChI=1S/C18H20N2O2/c1-13-5-2-3-6-15(13)11-20-18(10-16(19)12-21)14-7-4-8-17(22)9-14/h2-10,21-22H,11-12,19H2,1H3. The zero-order chi connectivity index (χ0) is 15.9. The second-order valence-corrected chi connectivity index (χ2v) is 5.06. The summed E-state index contributed by atoms with van der Waals surface area (Å²) in [6, 6.07) is 14.8. The van der Waals surface area contributed by atoms with E-state index >= 15 is 0 Å². The Kier molecular flexibility index (Phi) is 5.33. The number of hydrogen-bond acceptors (Lipinski definition) is 4. The van der Waals surface area contributed by atoms with Gasteiger partial charge in [-0.05, 0) is 36.3 Å². The normalized spacial score (nSPS) is 12.5. The molecule has 2 aromatic carbocycles. The number of nitrogens with two attached hydrogens (primary N) is 1. The Morgan fingerprint density at radius 2 is 1.95 bits per heavy atom. The Morgan fingerprint density at radius 1 is 1.18 bits per heavy atom. The van der Waals surface area contributed by atoms with Gasteiger partial charge in [-0.15, -0.1) is 0 Å². The number of nitrogens with zero attached hydrogens (tertiary/aromatic N) is 1. The number of rotatable bonds is 5. The molecule has 0 radical (unpaired) electrons. The number of benzene rings is 2. The Labute approximate surface area is 130 Å². The number of phenols is 1. The fourth-order valence-corrected chi connectivity index (χ4v) is 2.06. The average Bonchev–Trinajstić information content (AvgIpc) is 2.52. The minimum Gasteiger partial charge on any atom is -0.508 e. The van der Waals surface area contributed by atoms with Crippen molar-refractivity contribution in [2.75, 3.05) is 6.61 Å². The molecule has 0 aliphatic rings. The molecule has 0 bridgehead atoms. The summed E-state index contributed by atoms with van der Waals surface area (Å²) in [7, 11) is 0. The first-order chi connectivity index (χ1) is 10.6. The summed E-state index contributed by atoms with van der Waals surface area (Å²) in [5.74, 6) is 0.164. The molecule has 0 aliphatic carbocycles. The minimum absolute atomic E-state index is 0.164. The minimum atomic E-state index is -0.234. The molecule has 0 saturated carbocycles. The maximum Gasteiger partial charge on any atom is 0.116 e. The van der Waals surface area contributed by atoms with Crippen molar-refractivity contribution in [3.63, 3.8) is 0 Å². The van der Waals surface area contributed by atoms with Crippen molar-refractivity contribution in [3.8, 4) is 5.75 Å². The first kappa shape index (κ1) is 15.8. The molecule has 2 rings (SSSR count). The van der Waals surface area contributed by atoms with E-state index in [0.717, 1.165) is 11.1 Å². The van der Waals surface area contributed by atoms with Gasteiger partial charge >= 0.3 is 0 Å². The van der Waals surface area contributed by atoms with Gasteiger partial charge in [-0.25, -0.2) is 0 Å². The summed E-state index contributed by atoms with van der Waals surface area (Å²) < 4.78 is 0. The fourth-order valence-electron chi connectivity index (χ4n) is 2.06. The fraction of sp³-hybridized carbons (Fsp3) is 0.167. The molecular weight excluding hydrogens is 276 g/mol. The van der Waals surface area contributed by atoms with Crippen LogP contribution in [0.25, 0.3) is 0 Å². The lowest BCUT2D eigenvalue weighted by molar-refractivity contribution is 0.330. The van der Waals surface area contributed by atoms with Crippen LogP contribution in [0.15, 0.2) is 65.3 Å². The van der Waals surface area contributed by atoms with Crippen LogP contribution in [0.5, 0.6) is 5.75 Å². The number of phenolic OH excluding ortho intramolecular Hbond substituents is 1. The van der Waals surface area contributed by atoms with E-state index < -0.39 is 0 Å². The van der Waals surface area contributed by atoms with Crippen LogP contribution in [0, 0.1) is 6.92 Å². The van der Waals surface area contributed by atoms with Crippen molar-refractivity contribution >= 4 is 5.71 Å². The molecule has 0 aliphatic heterocycles. The Bertz CT molecular complexity index is 706. The third-order valence-corrected chi connectivity index (χ3v) is 3.33. The van der Waals surface area contributed by atoms with Gasteiger partial charge in [-0.2, -0.15) is 0 Å². The van der Waals surface area contributed by atoms with E-state index in [1.165, 1.54) is 5.56 Å². The maximum atomic E-state index is 9.63. The Morgan fingerprint density at radius 3 is 2.64 bits per heavy atom. The maximum absolute atomic E-state index is 9.63. The number of allylic oxidation sites excluding steroid dienone is 1. The molecular formula is C18H20N2O2. The van der Waals surface area contributed by atoms with Crippen molar-refractivity contribution in [3.05, 3.63) is 77.0 Å². The van der Waals surface area contributed by atoms with Crippen LogP contribution < -0.4 is 5.73 Å². The monoisotopic (exact) mass is 296 g/mol. The Balaban J connectivity index is 2.36. The molecule has 4 heteroatoms. The summed E-state index contributed by atoms with van der Waals surface area (Å²) in [5.41, 5.74) is 9.72. The largest absolute Gasteiger partial charge is 0.508 e. The van der Waals surface area contributed by atoms with Crippen molar-refractivity contribution in [2.24, 2.45) is 10.7 Å². The van der Waals surface area contributed by atoms with Crippen LogP contribution in [0.1, 0.15) is 16.7 Å². The highest BCUT2D eigenvalue weighted by Crippen LogP contribution is 2.15. The second kappa shape index (κ2) is 7.43. The molecule has 0 aromatic heterocycles. The lowest BCUT2D eigenvalue weighted by atomic mass is 10.1. The number of aliphatic hydroxyl groups excluding tert-OH is 1. The van der Waals surface area contributed by atoms with Gasteiger partial charge in [0, 0.05) is 11.3 Å². The third kappa shape index (κ3) is 4.20. The lowest BCUT2D eigenvalue weighted by Crippen LogP contribution is -2.08. The highest BCUT2D eigenvalue weighted by Gasteiger charge is 2.04. The molecule has 0 amide bonds. The third-order valence-electron chi connectivity index (χ3n) is 3.33.